The van der Waals surface area contributed by atoms with Crippen LogP contribution in [0, 0.1) is 5.92 Å². The molecule has 4 aromatic rings. The zero-order chi connectivity index (χ0) is 22.3. The van der Waals surface area contributed by atoms with Gasteiger partial charge in [-0.15, -0.1) is 0 Å². The molecule has 1 aliphatic carbocycles. The molecule has 1 atom stereocenters. The van der Waals surface area contributed by atoms with Crippen molar-refractivity contribution in [2.24, 2.45) is 5.92 Å². The van der Waals surface area contributed by atoms with Crippen molar-refractivity contribution in [2.75, 3.05) is 5.73 Å². The van der Waals surface area contributed by atoms with Gasteiger partial charge in [0.25, 0.3) is 5.89 Å². The van der Waals surface area contributed by atoms with E-state index < -0.39 is 5.60 Å². The van der Waals surface area contributed by atoms with Crippen molar-refractivity contribution in [3.05, 3.63) is 66.4 Å². The minimum absolute atomic E-state index is 0.0949. The Hall–Kier alpha value is -3.52. The van der Waals surface area contributed by atoms with Crippen LogP contribution in [0.5, 0.6) is 0 Å². The van der Waals surface area contributed by atoms with Crippen molar-refractivity contribution < 1.29 is 9.63 Å². The third-order valence-electron chi connectivity index (χ3n) is 5.63. The van der Waals surface area contributed by atoms with Crippen LogP contribution >= 0.6 is 0 Å². The SMILES string of the molecule is CC(C)(O)Cn1cc(-c2nc([C@@H](c3ccc(-c4ccc(N)nc4)cc3)C3CC3)no2)cn1. The summed E-state index contributed by atoms with van der Waals surface area (Å²) >= 11 is 0. The van der Waals surface area contributed by atoms with E-state index in [0.717, 1.165) is 29.5 Å². The highest BCUT2D eigenvalue weighted by Gasteiger charge is 2.36. The van der Waals surface area contributed by atoms with Gasteiger partial charge in [-0.25, -0.2) is 4.98 Å². The number of benzene rings is 1. The lowest BCUT2D eigenvalue weighted by Gasteiger charge is -2.16. The number of rotatable bonds is 7. The Labute approximate surface area is 186 Å². The molecule has 0 radical (unpaired) electrons. The van der Waals surface area contributed by atoms with Gasteiger partial charge in [-0.1, -0.05) is 29.4 Å². The predicted molar refractivity (Wildman–Crippen MR) is 120 cm³/mol. The van der Waals surface area contributed by atoms with Crippen LogP contribution in [0.15, 0.2) is 59.5 Å². The van der Waals surface area contributed by atoms with Crippen molar-refractivity contribution in [3.8, 4) is 22.6 Å². The van der Waals surface area contributed by atoms with E-state index in [1.807, 2.05) is 12.3 Å². The average Bonchev–Trinajstić information content (AvgIpc) is 3.27. The molecule has 0 unspecified atom stereocenters. The standard InChI is InChI=1S/C24H26N6O2/c1-24(2,31)14-30-13-19(12-27-30)23-28-22(29-32-23)21(17-7-8-17)16-5-3-15(4-6-16)18-9-10-20(25)26-11-18/h3-6,9-13,17,21,31H,7-8,14H2,1-2H3,(H2,25,26)/t21-/m0/s1. The van der Waals surface area contributed by atoms with Crippen LogP contribution in [0.2, 0.25) is 0 Å². The predicted octanol–water partition coefficient (Wildman–Crippen LogP) is 3.89. The zero-order valence-corrected chi connectivity index (χ0v) is 18.1. The summed E-state index contributed by atoms with van der Waals surface area (Å²) in [5.41, 5.74) is 8.87. The third-order valence-corrected chi connectivity index (χ3v) is 5.63. The van der Waals surface area contributed by atoms with Gasteiger partial charge in [0, 0.05) is 18.0 Å². The number of aromatic nitrogens is 5. The molecule has 0 amide bonds. The zero-order valence-electron chi connectivity index (χ0n) is 18.1. The summed E-state index contributed by atoms with van der Waals surface area (Å²) in [6.07, 6.45) is 7.59. The van der Waals surface area contributed by atoms with E-state index in [1.165, 1.54) is 5.56 Å². The Morgan fingerprint density at radius 1 is 1.09 bits per heavy atom. The molecule has 5 rings (SSSR count). The maximum absolute atomic E-state index is 10.0. The molecule has 0 bridgehead atoms. The Morgan fingerprint density at radius 2 is 1.84 bits per heavy atom. The number of aliphatic hydroxyl groups is 1. The second-order valence-electron chi connectivity index (χ2n) is 9.11. The fraction of sp³-hybridized carbons (Fsp3) is 0.333. The van der Waals surface area contributed by atoms with E-state index in [-0.39, 0.29) is 5.92 Å². The lowest BCUT2D eigenvalue weighted by atomic mass is 9.92. The molecule has 8 heteroatoms. The lowest BCUT2D eigenvalue weighted by molar-refractivity contribution is 0.0577. The van der Waals surface area contributed by atoms with E-state index in [0.29, 0.717) is 30.0 Å². The van der Waals surface area contributed by atoms with Gasteiger partial charge in [0.15, 0.2) is 5.82 Å². The molecule has 3 heterocycles. The number of nitrogens with two attached hydrogens (primary N) is 1. The molecule has 1 aliphatic rings. The topological polar surface area (TPSA) is 116 Å². The molecule has 32 heavy (non-hydrogen) atoms. The smallest absolute Gasteiger partial charge is 0.261 e. The minimum Gasteiger partial charge on any atom is -0.389 e. The second-order valence-corrected chi connectivity index (χ2v) is 9.11. The highest BCUT2D eigenvalue weighted by Crippen LogP contribution is 2.46. The first-order chi connectivity index (χ1) is 15.4. The van der Waals surface area contributed by atoms with Crippen LogP contribution < -0.4 is 5.73 Å². The lowest BCUT2D eigenvalue weighted by Crippen LogP contribution is -2.26. The number of pyridine rings is 1. The molecular formula is C24H26N6O2. The average molecular weight is 431 g/mol. The molecule has 1 aromatic carbocycles. The highest BCUT2D eigenvalue weighted by molar-refractivity contribution is 5.64. The molecule has 3 aromatic heterocycles. The molecule has 1 fully saturated rings. The Morgan fingerprint density at radius 3 is 2.50 bits per heavy atom. The molecule has 8 nitrogen and oxygen atoms in total. The van der Waals surface area contributed by atoms with Crippen LogP contribution in [0.3, 0.4) is 0 Å². The van der Waals surface area contributed by atoms with Gasteiger partial charge in [-0.3, -0.25) is 4.68 Å². The molecule has 0 saturated heterocycles. The van der Waals surface area contributed by atoms with Gasteiger partial charge in [0.2, 0.25) is 0 Å². The maximum atomic E-state index is 10.0. The van der Waals surface area contributed by atoms with Gasteiger partial charge in [-0.05, 0) is 55.9 Å². The van der Waals surface area contributed by atoms with Gasteiger partial charge < -0.3 is 15.4 Å². The van der Waals surface area contributed by atoms with Crippen molar-refractivity contribution in [1.29, 1.82) is 0 Å². The number of anilines is 1. The number of hydrogen-bond acceptors (Lipinski definition) is 7. The van der Waals surface area contributed by atoms with Crippen molar-refractivity contribution in [1.82, 2.24) is 24.9 Å². The Balaban J connectivity index is 1.38. The van der Waals surface area contributed by atoms with Crippen molar-refractivity contribution in [3.63, 3.8) is 0 Å². The van der Waals surface area contributed by atoms with Crippen LogP contribution in [-0.2, 0) is 6.54 Å². The summed E-state index contributed by atoms with van der Waals surface area (Å²) in [7, 11) is 0. The Bertz CT molecular complexity index is 1200. The van der Waals surface area contributed by atoms with Gasteiger partial charge in [-0.2, -0.15) is 10.1 Å². The molecule has 3 N–H and O–H groups in total. The summed E-state index contributed by atoms with van der Waals surface area (Å²) in [5.74, 6) is 2.26. The monoisotopic (exact) mass is 430 g/mol. The Kier molecular flexibility index (Phi) is 5.01. The summed E-state index contributed by atoms with van der Waals surface area (Å²) < 4.78 is 7.26. The van der Waals surface area contributed by atoms with E-state index in [4.69, 9.17) is 15.2 Å². The summed E-state index contributed by atoms with van der Waals surface area (Å²) in [6.45, 7) is 3.87. The summed E-state index contributed by atoms with van der Waals surface area (Å²) in [6, 6.07) is 12.2. The summed E-state index contributed by atoms with van der Waals surface area (Å²) in [5, 5.41) is 18.6. The van der Waals surface area contributed by atoms with E-state index in [2.05, 4.69) is 39.5 Å². The number of nitrogens with zero attached hydrogens (tertiary/aromatic N) is 5. The molecule has 164 valence electrons. The van der Waals surface area contributed by atoms with E-state index >= 15 is 0 Å². The number of nitrogen functional groups attached to an aromatic ring is 1. The first kappa shape index (κ1) is 20.4. The van der Waals surface area contributed by atoms with Gasteiger partial charge >= 0.3 is 0 Å². The van der Waals surface area contributed by atoms with Crippen LogP contribution in [0.1, 0.15) is 44.0 Å². The van der Waals surface area contributed by atoms with Gasteiger partial charge in [0.05, 0.1) is 29.8 Å². The van der Waals surface area contributed by atoms with Crippen molar-refractivity contribution in [2.45, 2.75) is 44.8 Å². The van der Waals surface area contributed by atoms with E-state index in [9.17, 15) is 5.11 Å². The largest absolute Gasteiger partial charge is 0.389 e. The first-order valence-electron chi connectivity index (χ1n) is 10.8. The quantitative estimate of drug-likeness (QED) is 0.457. The van der Waals surface area contributed by atoms with Crippen molar-refractivity contribution >= 4 is 5.82 Å². The van der Waals surface area contributed by atoms with Crippen LogP contribution in [-0.4, -0.2) is 35.6 Å². The fourth-order valence-corrected chi connectivity index (χ4v) is 3.96. The van der Waals surface area contributed by atoms with E-state index in [1.54, 1.807) is 37.0 Å². The molecular weight excluding hydrogens is 404 g/mol. The minimum atomic E-state index is -0.852. The molecule has 0 aliphatic heterocycles. The highest BCUT2D eigenvalue weighted by atomic mass is 16.5. The summed E-state index contributed by atoms with van der Waals surface area (Å²) in [4.78, 5) is 8.88. The third kappa shape index (κ3) is 4.40. The number of hydrogen-bond donors (Lipinski definition) is 2. The first-order valence-corrected chi connectivity index (χ1v) is 10.8. The van der Waals surface area contributed by atoms with Crippen LogP contribution in [0.4, 0.5) is 5.82 Å². The second kappa shape index (κ2) is 7.87. The normalized spacial score (nSPS) is 15.1. The molecule has 0 spiro atoms. The van der Waals surface area contributed by atoms with Crippen LogP contribution in [0.25, 0.3) is 22.6 Å². The molecule has 1 saturated carbocycles. The van der Waals surface area contributed by atoms with Gasteiger partial charge in [0.1, 0.15) is 5.82 Å². The maximum Gasteiger partial charge on any atom is 0.261 e. The fourth-order valence-electron chi connectivity index (χ4n) is 3.96.